The van der Waals surface area contributed by atoms with Gasteiger partial charge in [-0.15, -0.1) is 0 Å². The second-order valence-electron chi connectivity index (χ2n) is 13.8. The summed E-state index contributed by atoms with van der Waals surface area (Å²) < 4.78 is 11.2. The first kappa shape index (κ1) is 61.5. The molecule has 0 bridgehead atoms. The molecule has 0 aromatic heterocycles. The highest BCUT2D eigenvalue weighted by molar-refractivity contribution is 5.80. The van der Waals surface area contributed by atoms with Crippen molar-refractivity contribution in [2.75, 3.05) is 55.5 Å². The number of amides is 2. The van der Waals surface area contributed by atoms with Crippen molar-refractivity contribution in [1.29, 1.82) is 0 Å². The largest absolute Gasteiger partial charge is 0.379 e. The minimum Gasteiger partial charge on any atom is -0.379 e. The van der Waals surface area contributed by atoms with Gasteiger partial charge in [-0.2, -0.15) is 0 Å². The maximum atomic E-state index is 13.0. The molecule has 55 heavy (non-hydrogen) atoms. The van der Waals surface area contributed by atoms with Gasteiger partial charge in [-0.05, 0) is 78.7 Å². The summed E-state index contributed by atoms with van der Waals surface area (Å²) in [6.07, 6.45) is 14.8. The molecule has 6 atom stereocenters. The van der Waals surface area contributed by atoms with Crippen molar-refractivity contribution in [2.45, 2.75) is 151 Å². The van der Waals surface area contributed by atoms with E-state index < -0.39 is 0 Å². The number of rotatable bonds is 21. The number of ether oxygens (including phenoxy) is 2. The quantitative estimate of drug-likeness (QED) is 0.0811. The number of methoxy groups -OCH3 is 2. The number of aldehydes is 2. The average molecular weight is 784 g/mol. The van der Waals surface area contributed by atoms with E-state index in [-0.39, 0.29) is 48.1 Å². The van der Waals surface area contributed by atoms with Crippen LogP contribution in [0.1, 0.15) is 121 Å². The first-order valence-electron chi connectivity index (χ1n) is 20.6. The molecule has 326 valence electrons. The van der Waals surface area contributed by atoms with Crippen LogP contribution in [0, 0.1) is 17.8 Å². The van der Waals surface area contributed by atoms with E-state index in [9.17, 15) is 19.2 Å². The van der Waals surface area contributed by atoms with Crippen LogP contribution in [0.15, 0.2) is 36.5 Å². The molecule has 0 radical (unpaired) electrons. The second-order valence-corrected chi connectivity index (χ2v) is 13.8. The smallest absolute Gasteiger partial charge is 0.234 e. The number of nitrogens with zero attached hydrogens (tertiary/aromatic N) is 2. The Hall–Kier alpha value is -2.70. The molecule has 1 heterocycles. The van der Waals surface area contributed by atoms with Crippen LogP contribution < -0.4 is 16.4 Å². The first-order valence-corrected chi connectivity index (χ1v) is 20.6. The van der Waals surface area contributed by atoms with E-state index >= 15 is 0 Å². The highest BCUT2D eigenvalue weighted by Crippen LogP contribution is 2.26. The van der Waals surface area contributed by atoms with E-state index in [0.717, 1.165) is 51.3 Å². The number of hydrogen-bond donors (Lipinski definition) is 3. The van der Waals surface area contributed by atoms with Gasteiger partial charge in [0, 0.05) is 39.6 Å². The van der Waals surface area contributed by atoms with Crippen molar-refractivity contribution in [3.8, 4) is 0 Å². The summed E-state index contributed by atoms with van der Waals surface area (Å²) >= 11 is 0. The average Bonchev–Trinajstić information content (AvgIpc) is 3.66. The zero-order chi connectivity index (χ0) is 43.9. The van der Waals surface area contributed by atoms with Gasteiger partial charge < -0.3 is 45.2 Å². The van der Waals surface area contributed by atoms with E-state index in [1.54, 1.807) is 27.3 Å². The summed E-state index contributed by atoms with van der Waals surface area (Å²) in [6, 6.07) is -0.0141. The summed E-state index contributed by atoms with van der Waals surface area (Å²) in [4.78, 5) is 48.1. The Labute approximate surface area is 339 Å². The van der Waals surface area contributed by atoms with E-state index in [2.05, 4.69) is 55.0 Å². The molecule has 1 aliphatic heterocycles. The topological polar surface area (TPSA) is 143 Å². The van der Waals surface area contributed by atoms with Gasteiger partial charge in [0.2, 0.25) is 11.8 Å². The molecule has 1 rings (SSSR count). The van der Waals surface area contributed by atoms with Crippen LogP contribution in [-0.2, 0) is 28.7 Å². The van der Waals surface area contributed by atoms with Gasteiger partial charge in [-0.25, -0.2) is 0 Å². The molecule has 0 aromatic carbocycles. The molecule has 0 saturated carbocycles. The van der Waals surface area contributed by atoms with Gasteiger partial charge >= 0.3 is 0 Å². The normalized spacial score (nSPS) is 16.3. The van der Waals surface area contributed by atoms with Gasteiger partial charge in [-0.3, -0.25) is 9.59 Å². The Balaban J connectivity index is -0.000000229. The zero-order valence-electron chi connectivity index (χ0n) is 38.6. The van der Waals surface area contributed by atoms with Crippen molar-refractivity contribution in [2.24, 2.45) is 23.5 Å². The lowest BCUT2D eigenvalue weighted by Gasteiger charge is -2.37. The molecule has 11 heteroatoms. The second kappa shape index (κ2) is 42.4. The number of allylic oxidation sites excluding steroid dienone is 4. The molecule has 0 aliphatic carbocycles. The fourth-order valence-electron chi connectivity index (χ4n) is 5.86. The van der Waals surface area contributed by atoms with Gasteiger partial charge in [0.05, 0.1) is 30.7 Å². The van der Waals surface area contributed by atoms with E-state index in [0.29, 0.717) is 31.1 Å². The fourth-order valence-corrected chi connectivity index (χ4v) is 5.86. The monoisotopic (exact) mass is 784 g/mol. The SMILES string of the molecule is C=C/C=C\C(=C/C)CCNC.CC.CC.CC(C)CC=O.CC[C@H](C)C(C(CC(=O)N1CCCC1C(CC=O)OC)OC)N(C)C.CNC(C(N)=O)C(C)C. The Kier molecular flexibility index (Phi) is 47.5. The number of likely N-dealkylation sites (N-methyl/N-ethyl adjacent to an activating group) is 2. The van der Waals surface area contributed by atoms with Crippen LogP contribution >= 0.6 is 0 Å². The predicted octanol–water partition coefficient (Wildman–Crippen LogP) is 7.25. The molecular formula is C44H89N5O6. The lowest BCUT2D eigenvalue weighted by atomic mass is 9.91. The van der Waals surface area contributed by atoms with Crippen molar-refractivity contribution >= 4 is 24.4 Å². The summed E-state index contributed by atoms with van der Waals surface area (Å²) in [6.45, 7) is 27.7. The molecule has 1 aliphatic rings. The van der Waals surface area contributed by atoms with Gasteiger partial charge in [0.25, 0.3) is 0 Å². The number of carbonyl (C=O) groups is 4. The summed E-state index contributed by atoms with van der Waals surface area (Å²) in [7, 11) is 11.1. The molecule has 1 fully saturated rings. The van der Waals surface area contributed by atoms with E-state index in [1.165, 1.54) is 5.57 Å². The van der Waals surface area contributed by atoms with Crippen LogP contribution in [0.2, 0.25) is 0 Å². The number of carbonyl (C=O) groups excluding carboxylic acids is 4. The number of nitrogens with two attached hydrogens (primary N) is 1. The number of primary amides is 1. The van der Waals surface area contributed by atoms with Crippen molar-refractivity contribution < 1.29 is 28.7 Å². The molecule has 0 aromatic rings. The van der Waals surface area contributed by atoms with Gasteiger partial charge in [-0.1, -0.05) is 112 Å². The molecule has 2 amide bonds. The first-order chi connectivity index (χ1) is 26.1. The Morgan fingerprint density at radius 3 is 1.85 bits per heavy atom. The Morgan fingerprint density at radius 1 is 0.982 bits per heavy atom. The van der Waals surface area contributed by atoms with Crippen LogP contribution in [0.3, 0.4) is 0 Å². The highest BCUT2D eigenvalue weighted by Gasteiger charge is 2.37. The minimum absolute atomic E-state index is 0.0124. The summed E-state index contributed by atoms with van der Waals surface area (Å²) in [5, 5.41) is 5.93. The van der Waals surface area contributed by atoms with E-state index in [1.807, 2.05) is 87.5 Å². The number of nitrogens with one attached hydrogen (secondary N) is 2. The van der Waals surface area contributed by atoms with Crippen LogP contribution in [0.4, 0.5) is 0 Å². The maximum absolute atomic E-state index is 13.0. The van der Waals surface area contributed by atoms with Crippen molar-refractivity contribution in [3.63, 3.8) is 0 Å². The third kappa shape index (κ3) is 31.1. The number of likely N-dealkylation sites (tertiary alicyclic amines) is 1. The van der Waals surface area contributed by atoms with Gasteiger partial charge in [0.15, 0.2) is 0 Å². The van der Waals surface area contributed by atoms with E-state index in [4.69, 9.17) is 15.2 Å². The van der Waals surface area contributed by atoms with Gasteiger partial charge in [0.1, 0.15) is 12.6 Å². The molecular weight excluding hydrogens is 695 g/mol. The molecule has 1 saturated heterocycles. The summed E-state index contributed by atoms with van der Waals surface area (Å²) in [5.41, 5.74) is 6.39. The fraction of sp³-hybridized carbons (Fsp3) is 0.773. The number of hydrogen-bond acceptors (Lipinski definition) is 9. The van der Waals surface area contributed by atoms with Crippen LogP contribution in [0.25, 0.3) is 0 Å². The molecule has 5 unspecified atom stereocenters. The highest BCUT2D eigenvalue weighted by atomic mass is 16.5. The lowest BCUT2D eigenvalue weighted by molar-refractivity contribution is -0.139. The standard InChI is InChI=1S/C19H36N2O4.C10H17N.C6H14N2O.C5H10O.2C2H6/c1-7-14(2)19(20(3)4)17(25-6)13-18(23)21-11-8-9-15(21)16(24-5)10-12-22;1-4-6-7-10(5-2)8-9-11-3;1-4(2)5(8-3)6(7)9;1-5(2)3-4-6;2*1-2/h12,14-17,19H,7-11,13H2,1-6H3;4-7,11H,1,8-9H2,2-3H3;4-5,8H,1-3H3,(H2,7,9);4-5H,3H2,1-2H3;2*1-2H3/b;7-6-,10-5+;;;;/t14-,15?,16?,17?,19?;;;;;/m0...../s1. The van der Waals surface area contributed by atoms with Crippen LogP contribution in [0.5, 0.6) is 0 Å². The third-order valence-corrected chi connectivity index (χ3v) is 8.90. The Bertz CT molecular complexity index is 986. The zero-order valence-corrected chi connectivity index (χ0v) is 38.6. The van der Waals surface area contributed by atoms with Crippen molar-refractivity contribution in [1.82, 2.24) is 20.4 Å². The molecule has 11 nitrogen and oxygen atoms in total. The third-order valence-electron chi connectivity index (χ3n) is 8.90. The predicted molar refractivity (Wildman–Crippen MR) is 235 cm³/mol. The summed E-state index contributed by atoms with van der Waals surface area (Å²) in [5.74, 6) is 1.05. The minimum atomic E-state index is -0.285. The lowest BCUT2D eigenvalue weighted by Crippen LogP contribution is -2.49. The maximum Gasteiger partial charge on any atom is 0.234 e. The van der Waals surface area contributed by atoms with Crippen LogP contribution in [-0.4, -0.2) is 120 Å². The Morgan fingerprint density at radius 2 is 1.55 bits per heavy atom. The van der Waals surface area contributed by atoms with Crippen molar-refractivity contribution in [3.05, 3.63) is 36.5 Å². The molecule has 4 N–H and O–H groups in total. The molecule has 0 spiro atoms.